The van der Waals surface area contributed by atoms with E-state index in [1.54, 1.807) is 19.1 Å². The fourth-order valence-electron chi connectivity index (χ4n) is 2.51. The highest BCUT2D eigenvalue weighted by molar-refractivity contribution is 7.93. The smallest absolute Gasteiger partial charge is 0.258 e. The first-order chi connectivity index (χ1) is 13.3. The lowest BCUT2D eigenvalue weighted by Gasteiger charge is -2.13. The molecule has 0 aliphatic heterocycles. The van der Waals surface area contributed by atoms with E-state index >= 15 is 0 Å². The minimum atomic E-state index is -3.26. The van der Waals surface area contributed by atoms with E-state index in [-0.39, 0.29) is 11.4 Å². The van der Waals surface area contributed by atoms with Crippen LogP contribution in [0.15, 0.2) is 48.0 Å². The minimum absolute atomic E-state index is 0.189. The molecule has 28 heavy (non-hydrogen) atoms. The number of carbonyl (C=O) groups excluding carboxylic acids is 1. The molecule has 0 saturated heterocycles. The van der Waals surface area contributed by atoms with Gasteiger partial charge in [-0.15, -0.1) is 0 Å². The van der Waals surface area contributed by atoms with Crippen molar-refractivity contribution in [3.8, 4) is 11.6 Å². The lowest BCUT2D eigenvalue weighted by atomic mass is 10.2. The van der Waals surface area contributed by atoms with Crippen molar-refractivity contribution >= 4 is 15.7 Å². The number of para-hydroxylation sites is 1. The predicted octanol–water partition coefficient (Wildman–Crippen LogP) is 2.90. The molecular formula is C20H23N3O4S. The largest absolute Gasteiger partial charge is 0.438 e. The molecule has 1 N–H and O–H groups in total. The van der Waals surface area contributed by atoms with E-state index in [0.29, 0.717) is 17.5 Å². The molecule has 1 aliphatic rings. The third-order valence-corrected chi connectivity index (χ3v) is 4.80. The number of carbonyl (C=O) groups is 1. The van der Waals surface area contributed by atoms with Crippen molar-refractivity contribution < 1.29 is 17.9 Å². The van der Waals surface area contributed by atoms with Gasteiger partial charge in [-0.05, 0) is 37.8 Å². The zero-order valence-electron chi connectivity index (χ0n) is 15.8. The molecule has 7 nitrogen and oxygen atoms in total. The predicted molar refractivity (Wildman–Crippen MR) is 106 cm³/mol. The number of nitrogens with zero attached hydrogens (tertiary/aromatic N) is 2. The van der Waals surface area contributed by atoms with Gasteiger partial charge in [0.25, 0.3) is 5.91 Å². The molecule has 2 aromatic rings. The molecule has 0 radical (unpaired) electrons. The van der Waals surface area contributed by atoms with Crippen LogP contribution in [0.25, 0.3) is 0 Å². The normalized spacial score (nSPS) is 15.4. The van der Waals surface area contributed by atoms with Gasteiger partial charge in [-0.3, -0.25) is 4.79 Å². The molecule has 1 aliphatic carbocycles. The standard InChI is InChI=1S/C20H23N3O4S/c1-14(10-11-28(2,25)26)22-19(24)17-13-21-18(12-15-8-9-15)23-20(17)27-16-6-4-3-5-7-16/h3-7,10-11,13-15H,8-9,12H2,1-2H3,(H,22,24). The summed E-state index contributed by atoms with van der Waals surface area (Å²) in [6.07, 6.45) is 7.07. The van der Waals surface area contributed by atoms with Crippen LogP contribution in [0.3, 0.4) is 0 Å². The van der Waals surface area contributed by atoms with Crippen molar-refractivity contribution in [2.75, 3.05) is 6.26 Å². The second-order valence-electron chi connectivity index (χ2n) is 6.99. The quantitative estimate of drug-likeness (QED) is 0.730. The van der Waals surface area contributed by atoms with Crippen LogP contribution in [0, 0.1) is 5.92 Å². The number of nitrogens with one attached hydrogen (secondary N) is 1. The van der Waals surface area contributed by atoms with Crippen molar-refractivity contribution in [3.05, 3.63) is 59.4 Å². The van der Waals surface area contributed by atoms with Crippen molar-refractivity contribution in [3.63, 3.8) is 0 Å². The third-order valence-electron chi connectivity index (χ3n) is 4.15. The van der Waals surface area contributed by atoms with E-state index in [9.17, 15) is 13.2 Å². The van der Waals surface area contributed by atoms with Crippen LogP contribution < -0.4 is 10.1 Å². The van der Waals surface area contributed by atoms with Crippen LogP contribution in [0.1, 0.15) is 35.9 Å². The van der Waals surface area contributed by atoms with Gasteiger partial charge in [-0.25, -0.2) is 13.4 Å². The van der Waals surface area contributed by atoms with Crippen LogP contribution in [0.4, 0.5) is 0 Å². The zero-order chi connectivity index (χ0) is 20.1. The van der Waals surface area contributed by atoms with Gasteiger partial charge < -0.3 is 10.1 Å². The molecule has 8 heteroatoms. The van der Waals surface area contributed by atoms with Crippen molar-refractivity contribution in [2.24, 2.45) is 5.92 Å². The highest BCUT2D eigenvalue weighted by Gasteiger charge is 2.24. The lowest BCUT2D eigenvalue weighted by molar-refractivity contribution is 0.0943. The second kappa shape index (κ2) is 8.52. The number of ether oxygens (including phenoxy) is 1. The fraction of sp³-hybridized carbons (Fsp3) is 0.350. The maximum Gasteiger partial charge on any atom is 0.258 e. The Kier molecular flexibility index (Phi) is 6.08. The average Bonchev–Trinajstić information content (AvgIpc) is 3.44. The third kappa shape index (κ3) is 6.16. The number of sulfone groups is 1. The Hall–Kier alpha value is -2.74. The molecule has 1 unspecified atom stereocenters. The molecule has 1 saturated carbocycles. The maximum absolute atomic E-state index is 12.7. The number of hydrogen-bond donors (Lipinski definition) is 1. The Morgan fingerprint density at radius 1 is 1.32 bits per heavy atom. The van der Waals surface area contributed by atoms with Gasteiger partial charge in [0, 0.05) is 30.3 Å². The topological polar surface area (TPSA) is 98.2 Å². The summed E-state index contributed by atoms with van der Waals surface area (Å²) in [7, 11) is -3.26. The number of aromatic nitrogens is 2. The summed E-state index contributed by atoms with van der Waals surface area (Å²) in [5.41, 5.74) is 0.197. The summed E-state index contributed by atoms with van der Waals surface area (Å²) < 4.78 is 28.3. The van der Waals surface area contributed by atoms with Gasteiger partial charge in [-0.1, -0.05) is 24.3 Å². The van der Waals surface area contributed by atoms with Crippen LogP contribution >= 0.6 is 0 Å². The first kappa shape index (κ1) is 20.0. The Morgan fingerprint density at radius 2 is 2.04 bits per heavy atom. The molecule has 148 valence electrons. The SMILES string of the molecule is CC(C=CS(C)(=O)=O)NC(=O)c1cnc(CC2CC2)nc1Oc1ccccc1. The molecule has 1 atom stereocenters. The van der Waals surface area contributed by atoms with Crippen LogP contribution in [-0.4, -0.2) is 36.6 Å². The molecule has 1 amide bonds. The van der Waals surface area contributed by atoms with Gasteiger partial charge >= 0.3 is 0 Å². The second-order valence-corrected chi connectivity index (χ2v) is 8.92. The molecule has 1 fully saturated rings. The Morgan fingerprint density at radius 3 is 2.68 bits per heavy atom. The highest BCUT2D eigenvalue weighted by atomic mass is 32.2. The zero-order valence-corrected chi connectivity index (χ0v) is 16.6. The first-order valence-corrected chi connectivity index (χ1v) is 11.0. The highest BCUT2D eigenvalue weighted by Crippen LogP contribution is 2.32. The molecule has 0 bridgehead atoms. The Balaban J connectivity index is 1.81. The first-order valence-electron chi connectivity index (χ1n) is 9.08. The van der Waals surface area contributed by atoms with Gasteiger partial charge in [-0.2, -0.15) is 4.98 Å². The summed E-state index contributed by atoms with van der Waals surface area (Å²) in [6.45, 7) is 1.68. The summed E-state index contributed by atoms with van der Waals surface area (Å²) in [5.74, 6) is 1.57. The molecule has 0 spiro atoms. The summed E-state index contributed by atoms with van der Waals surface area (Å²) in [6, 6.07) is 8.61. The van der Waals surface area contributed by atoms with Crippen LogP contribution in [-0.2, 0) is 16.3 Å². The van der Waals surface area contributed by atoms with Gasteiger partial charge in [0.2, 0.25) is 5.88 Å². The van der Waals surface area contributed by atoms with E-state index in [4.69, 9.17) is 4.74 Å². The number of benzene rings is 1. The lowest BCUT2D eigenvalue weighted by Crippen LogP contribution is -2.31. The maximum atomic E-state index is 12.7. The van der Waals surface area contributed by atoms with Crippen molar-refractivity contribution in [1.82, 2.24) is 15.3 Å². The monoisotopic (exact) mass is 401 g/mol. The van der Waals surface area contributed by atoms with E-state index in [0.717, 1.165) is 18.1 Å². The summed E-state index contributed by atoms with van der Waals surface area (Å²) in [4.78, 5) is 21.4. The number of rotatable bonds is 8. The van der Waals surface area contributed by atoms with Gasteiger partial charge in [0.15, 0.2) is 9.84 Å². The minimum Gasteiger partial charge on any atom is -0.438 e. The summed E-state index contributed by atoms with van der Waals surface area (Å²) in [5, 5.41) is 3.78. The molecular weight excluding hydrogens is 378 g/mol. The summed E-state index contributed by atoms with van der Waals surface area (Å²) >= 11 is 0. The Labute approximate surface area is 164 Å². The molecule has 1 aromatic heterocycles. The molecule has 1 heterocycles. The molecule has 3 rings (SSSR count). The number of amides is 1. The van der Waals surface area contributed by atoms with E-state index < -0.39 is 21.8 Å². The van der Waals surface area contributed by atoms with Crippen molar-refractivity contribution in [1.29, 1.82) is 0 Å². The average molecular weight is 401 g/mol. The van der Waals surface area contributed by atoms with Crippen LogP contribution in [0.5, 0.6) is 11.6 Å². The fourth-order valence-corrected chi connectivity index (χ4v) is 3.03. The van der Waals surface area contributed by atoms with Crippen LogP contribution in [0.2, 0.25) is 0 Å². The van der Waals surface area contributed by atoms with E-state index in [2.05, 4.69) is 15.3 Å². The molecule has 1 aromatic carbocycles. The van der Waals surface area contributed by atoms with E-state index in [1.807, 2.05) is 18.2 Å². The van der Waals surface area contributed by atoms with E-state index in [1.165, 1.54) is 25.1 Å². The Bertz CT molecular complexity index is 970. The van der Waals surface area contributed by atoms with Crippen molar-refractivity contribution in [2.45, 2.75) is 32.2 Å². The van der Waals surface area contributed by atoms with Gasteiger partial charge in [0.1, 0.15) is 17.1 Å². The number of hydrogen-bond acceptors (Lipinski definition) is 6. The van der Waals surface area contributed by atoms with Gasteiger partial charge in [0.05, 0.1) is 0 Å².